The number of rotatable bonds is 5. The monoisotopic (exact) mass is 287 g/mol. The predicted octanol–water partition coefficient (Wildman–Crippen LogP) is 3.47. The Balaban J connectivity index is 3.14. The first-order chi connectivity index (χ1) is 9.16. The molecule has 0 aliphatic carbocycles. The van der Waals surface area contributed by atoms with Gasteiger partial charge in [-0.15, -0.1) is 0 Å². The molecule has 0 saturated carbocycles. The average molecular weight is 287 g/mol. The van der Waals surface area contributed by atoms with Crippen LogP contribution < -0.4 is 10.6 Å². The van der Waals surface area contributed by atoms with Gasteiger partial charge < -0.3 is 10.6 Å². The Hall–Kier alpha value is -1.72. The Kier molecular flexibility index (Phi) is 5.03. The fourth-order valence-electron chi connectivity index (χ4n) is 1.94. The van der Waals surface area contributed by atoms with Gasteiger partial charge in [-0.05, 0) is 24.1 Å². The van der Waals surface area contributed by atoms with Crippen LogP contribution in [0.2, 0.25) is 0 Å². The zero-order chi connectivity index (χ0) is 15.5. The molecular weight excluding hydrogens is 267 g/mol. The van der Waals surface area contributed by atoms with Gasteiger partial charge in [-0.25, -0.2) is 0 Å². The molecule has 1 aromatic rings. The van der Waals surface area contributed by atoms with Crippen LogP contribution in [0.15, 0.2) is 18.2 Å². The zero-order valence-corrected chi connectivity index (χ0v) is 11.9. The lowest BCUT2D eigenvalue weighted by molar-refractivity contribution is -0.137. The maximum Gasteiger partial charge on any atom is 0.417 e. The summed E-state index contributed by atoms with van der Waals surface area (Å²) in [4.78, 5) is 1.88. The summed E-state index contributed by atoms with van der Waals surface area (Å²) in [5.41, 5.74) is 4.76. The lowest BCUT2D eigenvalue weighted by atomic mass is 10.0. The molecule has 0 amide bonds. The minimum atomic E-state index is -4.51. The second-order valence-electron chi connectivity index (χ2n) is 5.04. The van der Waals surface area contributed by atoms with Gasteiger partial charge in [0.1, 0.15) is 5.84 Å². The Bertz CT molecular complexity index is 483. The van der Waals surface area contributed by atoms with Crippen molar-refractivity contribution in [3.63, 3.8) is 0 Å². The van der Waals surface area contributed by atoms with E-state index < -0.39 is 17.6 Å². The number of hydrogen-bond acceptors (Lipinski definition) is 2. The molecule has 0 radical (unpaired) electrons. The smallest absolute Gasteiger partial charge is 0.384 e. The quantitative estimate of drug-likeness (QED) is 0.643. The van der Waals surface area contributed by atoms with E-state index in [2.05, 4.69) is 13.8 Å². The van der Waals surface area contributed by atoms with Crippen LogP contribution in [-0.2, 0) is 6.18 Å². The molecule has 0 aliphatic rings. The molecule has 20 heavy (non-hydrogen) atoms. The highest BCUT2D eigenvalue weighted by atomic mass is 19.4. The second kappa shape index (κ2) is 6.15. The van der Waals surface area contributed by atoms with Crippen molar-refractivity contribution < 1.29 is 13.2 Å². The van der Waals surface area contributed by atoms with Gasteiger partial charge >= 0.3 is 6.18 Å². The fourth-order valence-corrected chi connectivity index (χ4v) is 1.94. The molecule has 0 spiro atoms. The van der Waals surface area contributed by atoms with Crippen molar-refractivity contribution in [2.75, 3.05) is 18.5 Å². The molecule has 0 fully saturated rings. The molecule has 0 aromatic heterocycles. The molecule has 6 heteroatoms. The molecule has 0 saturated heterocycles. The van der Waals surface area contributed by atoms with Crippen molar-refractivity contribution in [2.45, 2.75) is 26.4 Å². The lowest BCUT2D eigenvalue weighted by Gasteiger charge is -2.24. The number of amidine groups is 1. The first kappa shape index (κ1) is 16.3. The van der Waals surface area contributed by atoms with Crippen LogP contribution in [-0.4, -0.2) is 19.4 Å². The largest absolute Gasteiger partial charge is 0.417 e. The van der Waals surface area contributed by atoms with E-state index in [9.17, 15) is 13.2 Å². The third-order valence-electron chi connectivity index (χ3n) is 3.32. The number of anilines is 1. The van der Waals surface area contributed by atoms with Crippen molar-refractivity contribution >= 4 is 11.5 Å². The Labute approximate surface area is 117 Å². The van der Waals surface area contributed by atoms with Crippen LogP contribution in [0.25, 0.3) is 0 Å². The summed E-state index contributed by atoms with van der Waals surface area (Å²) in [6.45, 7) is 4.87. The number of nitrogens with zero attached hydrogens (tertiary/aromatic N) is 1. The number of nitrogen functional groups attached to an aromatic ring is 1. The average Bonchev–Trinajstić information content (AvgIpc) is 2.36. The van der Waals surface area contributed by atoms with E-state index in [1.165, 1.54) is 12.1 Å². The third-order valence-corrected chi connectivity index (χ3v) is 3.32. The number of halogens is 3. The molecule has 1 atom stereocenters. The Morgan fingerprint density at radius 3 is 2.45 bits per heavy atom. The number of benzene rings is 1. The molecule has 0 aliphatic heterocycles. The molecule has 112 valence electrons. The van der Waals surface area contributed by atoms with Crippen molar-refractivity contribution in [2.24, 2.45) is 11.7 Å². The van der Waals surface area contributed by atoms with Gasteiger partial charge in [-0.1, -0.05) is 20.3 Å². The maximum atomic E-state index is 12.8. The third kappa shape index (κ3) is 3.88. The summed E-state index contributed by atoms with van der Waals surface area (Å²) in [5.74, 6) is -0.140. The summed E-state index contributed by atoms with van der Waals surface area (Å²) >= 11 is 0. The van der Waals surface area contributed by atoms with E-state index in [0.29, 0.717) is 11.6 Å². The fraction of sp³-hybridized carbons (Fsp3) is 0.500. The van der Waals surface area contributed by atoms with Gasteiger partial charge in [0.2, 0.25) is 0 Å². The summed E-state index contributed by atoms with van der Waals surface area (Å²) in [5, 5.41) is 7.33. The van der Waals surface area contributed by atoms with E-state index in [1.54, 1.807) is 0 Å². The van der Waals surface area contributed by atoms with Crippen molar-refractivity contribution in [1.82, 2.24) is 0 Å². The summed E-state index contributed by atoms with van der Waals surface area (Å²) in [6.07, 6.45) is -3.51. The first-order valence-electron chi connectivity index (χ1n) is 6.43. The van der Waals surface area contributed by atoms with Gasteiger partial charge in [0, 0.05) is 24.8 Å². The first-order valence-corrected chi connectivity index (χ1v) is 6.43. The molecule has 1 unspecified atom stereocenters. The molecule has 3 N–H and O–H groups in total. The van der Waals surface area contributed by atoms with Crippen molar-refractivity contribution in [1.29, 1.82) is 5.41 Å². The van der Waals surface area contributed by atoms with Crippen LogP contribution >= 0.6 is 0 Å². The minimum Gasteiger partial charge on any atom is -0.384 e. The van der Waals surface area contributed by atoms with E-state index in [-0.39, 0.29) is 5.56 Å². The molecular formula is C14H20F3N3. The standard InChI is InChI=1S/C14H20F3N3/c1-4-9(2)8-20(3)10-5-6-12(14(15,16)17)11(7-10)13(18)19/h5-7,9H,4,8H2,1-3H3,(H3,18,19). The highest BCUT2D eigenvalue weighted by molar-refractivity contribution is 5.97. The van der Waals surface area contributed by atoms with Crippen LogP contribution in [0, 0.1) is 11.3 Å². The molecule has 0 bridgehead atoms. The highest BCUT2D eigenvalue weighted by Gasteiger charge is 2.34. The van der Waals surface area contributed by atoms with Gasteiger partial charge in [-0.3, -0.25) is 5.41 Å². The van der Waals surface area contributed by atoms with E-state index in [1.807, 2.05) is 11.9 Å². The summed E-state index contributed by atoms with van der Waals surface area (Å²) in [6, 6.07) is 3.73. The number of hydrogen-bond donors (Lipinski definition) is 2. The highest BCUT2D eigenvalue weighted by Crippen LogP contribution is 2.33. The van der Waals surface area contributed by atoms with Crippen LogP contribution in [0.3, 0.4) is 0 Å². The van der Waals surface area contributed by atoms with Crippen molar-refractivity contribution in [3.05, 3.63) is 29.3 Å². The van der Waals surface area contributed by atoms with E-state index >= 15 is 0 Å². The number of alkyl halides is 3. The van der Waals surface area contributed by atoms with Gasteiger partial charge in [0.05, 0.1) is 5.56 Å². The van der Waals surface area contributed by atoms with Crippen LogP contribution in [0.5, 0.6) is 0 Å². The predicted molar refractivity (Wildman–Crippen MR) is 75.2 cm³/mol. The van der Waals surface area contributed by atoms with E-state index in [4.69, 9.17) is 11.1 Å². The zero-order valence-electron chi connectivity index (χ0n) is 11.9. The van der Waals surface area contributed by atoms with Crippen molar-refractivity contribution in [3.8, 4) is 0 Å². The number of nitrogens with two attached hydrogens (primary N) is 1. The van der Waals surface area contributed by atoms with Crippen LogP contribution in [0.1, 0.15) is 31.4 Å². The minimum absolute atomic E-state index is 0.272. The van der Waals surface area contributed by atoms with Crippen LogP contribution in [0.4, 0.5) is 18.9 Å². The summed E-state index contributed by atoms with van der Waals surface area (Å²) < 4.78 is 38.5. The van der Waals surface area contributed by atoms with E-state index in [0.717, 1.165) is 19.0 Å². The SMILES string of the molecule is CCC(C)CN(C)c1ccc(C(F)(F)F)c(C(=N)N)c1. The molecule has 1 rings (SSSR count). The van der Waals surface area contributed by atoms with Gasteiger partial charge in [0.25, 0.3) is 0 Å². The van der Waals surface area contributed by atoms with Gasteiger partial charge in [-0.2, -0.15) is 13.2 Å². The maximum absolute atomic E-state index is 12.8. The molecule has 3 nitrogen and oxygen atoms in total. The summed E-state index contributed by atoms with van der Waals surface area (Å²) in [7, 11) is 1.82. The van der Waals surface area contributed by atoms with Gasteiger partial charge in [0.15, 0.2) is 0 Å². The second-order valence-corrected chi connectivity index (χ2v) is 5.04. The molecule has 0 heterocycles. The number of nitrogens with one attached hydrogen (secondary N) is 1. The topological polar surface area (TPSA) is 53.1 Å². The Morgan fingerprint density at radius 2 is 2.00 bits per heavy atom. The Morgan fingerprint density at radius 1 is 1.40 bits per heavy atom. The normalized spacial score (nSPS) is 13.1. The molecule has 1 aromatic carbocycles. The lowest BCUT2D eigenvalue weighted by Crippen LogP contribution is -2.25.